The molecule has 96 valence electrons. The molecule has 0 saturated heterocycles. The van der Waals surface area contributed by atoms with Crippen molar-refractivity contribution in [1.29, 1.82) is 0 Å². The van der Waals surface area contributed by atoms with E-state index < -0.39 is 0 Å². The van der Waals surface area contributed by atoms with Crippen LogP contribution in [-0.4, -0.2) is 17.6 Å². The Hall–Kier alpha value is 0.690. The molecule has 0 aromatic heterocycles. The van der Waals surface area contributed by atoms with Crippen LogP contribution in [0.1, 0.15) is 58.3 Å². The minimum atomic E-state index is 0.946. The highest BCUT2D eigenvalue weighted by Crippen LogP contribution is 2.37. The molecule has 1 rings (SSSR count). The van der Waals surface area contributed by atoms with Crippen molar-refractivity contribution in [2.24, 2.45) is 11.8 Å². The Morgan fingerprint density at radius 2 is 1.88 bits per heavy atom. The van der Waals surface area contributed by atoms with Gasteiger partial charge in [-0.2, -0.15) is 0 Å². The normalized spacial score (nSPS) is 27.9. The predicted octanol–water partition coefficient (Wildman–Crippen LogP) is 4.82. The third kappa shape index (κ3) is 5.35. The lowest BCUT2D eigenvalue weighted by molar-refractivity contribution is 0.166. The van der Waals surface area contributed by atoms with Crippen LogP contribution in [0.2, 0.25) is 0 Å². The summed E-state index contributed by atoms with van der Waals surface area (Å²) >= 11 is 2.63. The molecule has 0 spiro atoms. The van der Waals surface area contributed by atoms with Crippen molar-refractivity contribution < 1.29 is 4.74 Å². The van der Waals surface area contributed by atoms with E-state index in [0.29, 0.717) is 0 Å². The van der Waals surface area contributed by atoms with E-state index in [2.05, 4.69) is 29.5 Å². The van der Waals surface area contributed by atoms with Crippen molar-refractivity contribution in [3.63, 3.8) is 0 Å². The number of hydrogen-bond donors (Lipinski definition) is 0. The molecule has 1 nitrogen and oxygen atoms in total. The molecule has 0 aliphatic heterocycles. The van der Waals surface area contributed by atoms with Crippen molar-refractivity contribution in [1.82, 2.24) is 0 Å². The molecule has 1 saturated carbocycles. The second-order valence-corrected chi connectivity index (χ2v) is 6.96. The Morgan fingerprint density at radius 3 is 2.44 bits per heavy atom. The second kappa shape index (κ2) is 8.73. The summed E-state index contributed by atoms with van der Waals surface area (Å²) in [5.41, 5.74) is 0. The van der Waals surface area contributed by atoms with Gasteiger partial charge in [0.1, 0.15) is 0 Å². The van der Waals surface area contributed by atoms with Gasteiger partial charge < -0.3 is 4.74 Å². The van der Waals surface area contributed by atoms with Gasteiger partial charge in [0.05, 0.1) is 0 Å². The van der Waals surface area contributed by atoms with Crippen LogP contribution in [0, 0.1) is 11.8 Å². The average molecular weight is 338 g/mol. The van der Waals surface area contributed by atoms with Crippen LogP contribution < -0.4 is 0 Å². The minimum Gasteiger partial charge on any atom is -0.385 e. The highest BCUT2D eigenvalue weighted by atomic mass is 127. The zero-order valence-corrected chi connectivity index (χ0v) is 13.0. The quantitative estimate of drug-likeness (QED) is 0.367. The van der Waals surface area contributed by atoms with Crippen LogP contribution in [-0.2, 0) is 4.74 Å². The maximum atomic E-state index is 5.17. The molecule has 16 heavy (non-hydrogen) atoms. The molecule has 2 heteroatoms. The average Bonchev–Trinajstić information content (AvgIpc) is 2.29. The maximum absolute atomic E-state index is 5.17. The fourth-order valence-corrected chi connectivity index (χ4v) is 3.75. The first kappa shape index (κ1) is 14.7. The first-order valence-corrected chi connectivity index (χ1v) is 8.15. The third-order valence-corrected chi connectivity index (χ3v) is 5.20. The lowest BCUT2D eigenvalue weighted by Gasteiger charge is -2.32. The van der Waals surface area contributed by atoms with Crippen LogP contribution in [0.5, 0.6) is 0 Å². The molecular weight excluding hydrogens is 311 g/mol. The predicted molar refractivity (Wildman–Crippen MR) is 79.3 cm³/mol. The zero-order valence-electron chi connectivity index (χ0n) is 10.9. The summed E-state index contributed by atoms with van der Waals surface area (Å²) in [5.74, 6) is 1.99. The molecule has 0 bridgehead atoms. The molecular formula is C14H27IO. The van der Waals surface area contributed by atoms with E-state index in [9.17, 15) is 0 Å². The van der Waals surface area contributed by atoms with Crippen LogP contribution in [0.3, 0.4) is 0 Å². The number of methoxy groups -OCH3 is 1. The highest BCUT2D eigenvalue weighted by molar-refractivity contribution is 14.1. The van der Waals surface area contributed by atoms with Gasteiger partial charge in [0.15, 0.2) is 0 Å². The van der Waals surface area contributed by atoms with Gasteiger partial charge in [-0.25, -0.2) is 0 Å². The molecule has 0 aromatic rings. The second-order valence-electron chi connectivity index (χ2n) is 5.20. The first-order chi connectivity index (χ1) is 7.77. The number of rotatable bonds is 7. The van der Waals surface area contributed by atoms with E-state index in [1.807, 2.05) is 7.11 Å². The summed E-state index contributed by atoms with van der Waals surface area (Å²) in [6, 6.07) is 0. The van der Waals surface area contributed by atoms with Gasteiger partial charge in [0, 0.05) is 17.6 Å². The number of halogens is 1. The number of alkyl halides is 1. The van der Waals surface area contributed by atoms with Crippen LogP contribution >= 0.6 is 22.6 Å². The molecule has 1 unspecified atom stereocenters. The summed E-state index contributed by atoms with van der Waals surface area (Å²) in [4.78, 5) is 0. The lowest BCUT2D eigenvalue weighted by atomic mass is 9.76. The molecule has 1 fully saturated rings. The van der Waals surface area contributed by atoms with E-state index in [1.165, 1.54) is 51.4 Å². The summed E-state index contributed by atoms with van der Waals surface area (Å²) in [7, 11) is 1.82. The first-order valence-electron chi connectivity index (χ1n) is 6.91. The van der Waals surface area contributed by atoms with Gasteiger partial charge in [-0.05, 0) is 50.4 Å². The Labute approximate surface area is 115 Å². The SMILES string of the molecule is CCCC(CCCOC)C1CCC(I)CC1. The molecule has 0 heterocycles. The summed E-state index contributed by atoms with van der Waals surface area (Å²) in [6.45, 7) is 3.27. The zero-order chi connectivity index (χ0) is 11.8. The standard InChI is InChI=1S/C14H27IO/c1-3-5-12(6-4-11-16-2)13-7-9-14(15)10-8-13/h12-14H,3-11H2,1-2H3. The van der Waals surface area contributed by atoms with E-state index in [-0.39, 0.29) is 0 Å². The summed E-state index contributed by atoms with van der Waals surface area (Å²) in [6.07, 6.45) is 11.3. The largest absolute Gasteiger partial charge is 0.385 e. The van der Waals surface area contributed by atoms with Gasteiger partial charge in [-0.3, -0.25) is 0 Å². The van der Waals surface area contributed by atoms with Crippen molar-refractivity contribution >= 4 is 22.6 Å². The summed E-state index contributed by atoms with van der Waals surface area (Å²) < 4.78 is 6.13. The van der Waals surface area contributed by atoms with E-state index in [0.717, 1.165) is 22.4 Å². The van der Waals surface area contributed by atoms with Crippen LogP contribution in [0.25, 0.3) is 0 Å². The fraction of sp³-hybridized carbons (Fsp3) is 1.00. The molecule has 1 atom stereocenters. The molecule has 1 aliphatic carbocycles. The molecule has 0 aromatic carbocycles. The Bertz CT molecular complexity index is 164. The minimum absolute atomic E-state index is 0.946. The van der Waals surface area contributed by atoms with E-state index >= 15 is 0 Å². The van der Waals surface area contributed by atoms with Gasteiger partial charge in [0.25, 0.3) is 0 Å². The number of ether oxygens (including phenoxy) is 1. The number of hydrogen-bond acceptors (Lipinski definition) is 1. The smallest absolute Gasteiger partial charge is 0.0462 e. The van der Waals surface area contributed by atoms with Crippen LogP contribution in [0.15, 0.2) is 0 Å². The monoisotopic (exact) mass is 338 g/mol. The topological polar surface area (TPSA) is 9.23 Å². The van der Waals surface area contributed by atoms with Gasteiger partial charge in [0.2, 0.25) is 0 Å². The molecule has 1 aliphatic rings. The molecule has 0 radical (unpaired) electrons. The third-order valence-electron chi connectivity index (χ3n) is 3.95. The van der Waals surface area contributed by atoms with Crippen molar-refractivity contribution in [3.05, 3.63) is 0 Å². The Kier molecular flexibility index (Phi) is 8.05. The fourth-order valence-electron chi connectivity index (χ4n) is 3.03. The highest BCUT2D eigenvalue weighted by Gasteiger charge is 2.25. The Morgan fingerprint density at radius 1 is 1.19 bits per heavy atom. The molecule has 0 amide bonds. The van der Waals surface area contributed by atoms with E-state index in [4.69, 9.17) is 4.74 Å². The van der Waals surface area contributed by atoms with Crippen molar-refractivity contribution in [2.75, 3.05) is 13.7 Å². The van der Waals surface area contributed by atoms with Crippen molar-refractivity contribution in [2.45, 2.75) is 62.2 Å². The van der Waals surface area contributed by atoms with Gasteiger partial charge in [-0.15, -0.1) is 0 Å². The van der Waals surface area contributed by atoms with E-state index in [1.54, 1.807) is 0 Å². The van der Waals surface area contributed by atoms with Crippen LogP contribution in [0.4, 0.5) is 0 Å². The van der Waals surface area contributed by atoms with Crippen molar-refractivity contribution in [3.8, 4) is 0 Å². The maximum Gasteiger partial charge on any atom is 0.0462 e. The molecule has 0 N–H and O–H groups in total. The van der Waals surface area contributed by atoms with Gasteiger partial charge >= 0.3 is 0 Å². The lowest BCUT2D eigenvalue weighted by Crippen LogP contribution is -2.22. The Balaban J connectivity index is 2.30. The van der Waals surface area contributed by atoms with Gasteiger partial charge in [-0.1, -0.05) is 42.4 Å². The summed E-state index contributed by atoms with van der Waals surface area (Å²) in [5, 5.41) is 0.